The van der Waals surface area contributed by atoms with Crippen LogP contribution in [0.3, 0.4) is 0 Å². The second-order valence-corrected chi connectivity index (χ2v) is 9.07. The molecule has 1 aliphatic rings. The molecule has 1 aromatic rings. The molecule has 0 spiro atoms. The van der Waals surface area contributed by atoms with Gasteiger partial charge in [0.15, 0.2) is 9.84 Å². The topological polar surface area (TPSA) is 113 Å². The molecule has 0 heterocycles. The number of halogens is 1. The Morgan fingerprint density at radius 3 is 2.56 bits per heavy atom. The average Bonchev–Trinajstić information content (AvgIpc) is 2.54. The van der Waals surface area contributed by atoms with E-state index >= 15 is 0 Å². The summed E-state index contributed by atoms with van der Waals surface area (Å²) in [5.41, 5.74) is 0.0411. The van der Waals surface area contributed by atoms with Gasteiger partial charge in [0, 0.05) is 29.3 Å². The van der Waals surface area contributed by atoms with E-state index in [-0.39, 0.29) is 29.1 Å². The molecule has 7 nitrogen and oxygen atoms in total. The summed E-state index contributed by atoms with van der Waals surface area (Å²) in [4.78, 5) is 24.3. The van der Waals surface area contributed by atoms with Crippen molar-refractivity contribution < 1.29 is 23.1 Å². The second-order valence-electron chi connectivity index (χ2n) is 6.17. The molecule has 9 heteroatoms. The largest absolute Gasteiger partial charge is 0.396 e. The minimum absolute atomic E-state index is 0.0411. The maximum absolute atomic E-state index is 12.2. The van der Waals surface area contributed by atoms with Gasteiger partial charge in [0.25, 0.3) is 0 Å². The number of benzene rings is 1. The predicted molar refractivity (Wildman–Crippen MR) is 96.9 cm³/mol. The molecule has 0 saturated heterocycles. The Kier molecular flexibility index (Phi) is 6.59. The van der Waals surface area contributed by atoms with E-state index in [1.165, 1.54) is 12.1 Å². The summed E-state index contributed by atoms with van der Waals surface area (Å²) < 4.78 is 24.2. The molecule has 3 N–H and O–H groups in total. The number of anilines is 1. The third kappa shape index (κ3) is 5.26. The molecule has 138 valence electrons. The Morgan fingerprint density at radius 1 is 1.24 bits per heavy atom. The van der Waals surface area contributed by atoms with Gasteiger partial charge in [-0.15, -0.1) is 0 Å². The Labute approximate surface area is 155 Å². The van der Waals surface area contributed by atoms with Crippen LogP contribution in [-0.4, -0.2) is 44.2 Å². The maximum atomic E-state index is 12.2. The van der Waals surface area contributed by atoms with Crippen molar-refractivity contribution in [1.29, 1.82) is 0 Å². The predicted octanol–water partition coefficient (Wildman–Crippen LogP) is 1.46. The molecule has 1 fully saturated rings. The van der Waals surface area contributed by atoms with E-state index in [0.717, 1.165) is 25.5 Å². The Hall–Kier alpha value is -1.45. The molecule has 1 aromatic carbocycles. The third-order valence-corrected chi connectivity index (χ3v) is 5.90. The van der Waals surface area contributed by atoms with E-state index in [1.807, 2.05) is 0 Å². The number of carbonyl (C=O) groups is 2. The van der Waals surface area contributed by atoms with Gasteiger partial charge in [-0.3, -0.25) is 9.59 Å². The van der Waals surface area contributed by atoms with Crippen molar-refractivity contribution in [3.05, 3.63) is 22.7 Å². The van der Waals surface area contributed by atoms with Crippen LogP contribution in [0.5, 0.6) is 0 Å². The summed E-state index contributed by atoms with van der Waals surface area (Å²) in [6, 6.07) is 4.07. The maximum Gasteiger partial charge on any atom is 0.313 e. The third-order valence-electron chi connectivity index (χ3n) is 4.26. The summed E-state index contributed by atoms with van der Waals surface area (Å²) in [6.07, 6.45) is 4.44. The van der Waals surface area contributed by atoms with Gasteiger partial charge in [0.05, 0.1) is 10.6 Å². The van der Waals surface area contributed by atoms with Gasteiger partial charge in [-0.1, -0.05) is 28.8 Å². The Balaban J connectivity index is 2.11. The molecule has 25 heavy (non-hydrogen) atoms. The number of nitrogens with one attached hydrogen (secondary N) is 2. The van der Waals surface area contributed by atoms with E-state index < -0.39 is 21.7 Å². The fourth-order valence-corrected chi connectivity index (χ4v) is 4.14. The van der Waals surface area contributed by atoms with Gasteiger partial charge in [-0.05, 0) is 31.0 Å². The number of sulfone groups is 1. The van der Waals surface area contributed by atoms with Gasteiger partial charge < -0.3 is 15.7 Å². The minimum atomic E-state index is -3.56. The van der Waals surface area contributed by atoms with E-state index in [1.54, 1.807) is 6.07 Å². The van der Waals surface area contributed by atoms with Crippen molar-refractivity contribution in [3.63, 3.8) is 0 Å². The monoisotopic (exact) mass is 432 g/mol. The molecule has 1 saturated carbocycles. The van der Waals surface area contributed by atoms with Gasteiger partial charge in [-0.2, -0.15) is 0 Å². The van der Waals surface area contributed by atoms with Crippen molar-refractivity contribution in [1.82, 2.24) is 5.32 Å². The summed E-state index contributed by atoms with van der Waals surface area (Å²) >= 11 is 3.21. The smallest absolute Gasteiger partial charge is 0.313 e. The number of hydrogen-bond acceptors (Lipinski definition) is 5. The minimum Gasteiger partial charge on any atom is -0.396 e. The quantitative estimate of drug-likeness (QED) is 0.623. The van der Waals surface area contributed by atoms with E-state index in [9.17, 15) is 23.1 Å². The van der Waals surface area contributed by atoms with Crippen LogP contribution in [0.1, 0.15) is 25.7 Å². The first-order valence-electron chi connectivity index (χ1n) is 7.94. The van der Waals surface area contributed by atoms with Crippen LogP contribution in [0.25, 0.3) is 0 Å². The lowest BCUT2D eigenvalue weighted by Gasteiger charge is -2.30. The number of aliphatic hydroxyl groups is 1. The molecular weight excluding hydrogens is 412 g/mol. The van der Waals surface area contributed by atoms with Gasteiger partial charge in [0.1, 0.15) is 0 Å². The number of amides is 2. The zero-order chi connectivity index (χ0) is 18.6. The van der Waals surface area contributed by atoms with E-state index in [4.69, 9.17) is 0 Å². The van der Waals surface area contributed by atoms with Gasteiger partial charge >= 0.3 is 11.8 Å². The lowest BCUT2D eigenvalue weighted by atomic mass is 9.85. The Bertz CT molecular complexity index is 766. The lowest BCUT2D eigenvalue weighted by molar-refractivity contribution is -0.137. The van der Waals surface area contributed by atoms with E-state index in [2.05, 4.69) is 26.6 Å². The lowest BCUT2D eigenvalue weighted by Crippen LogP contribution is -2.47. The zero-order valence-corrected chi connectivity index (χ0v) is 16.2. The van der Waals surface area contributed by atoms with Crippen LogP contribution in [0.15, 0.2) is 27.6 Å². The summed E-state index contributed by atoms with van der Waals surface area (Å²) in [6.45, 7) is -0.0452. The van der Waals surface area contributed by atoms with E-state index in [0.29, 0.717) is 10.9 Å². The number of carbonyl (C=O) groups excluding carboxylic acids is 2. The fraction of sp³-hybridized carbons (Fsp3) is 0.500. The first-order valence-corrected chi connectivity index (χ1v) is 10.6. The second kappa shape index (κ2) is 8.29. The Morgan fingerprint density at radius 2 is 1.92 bits per heavy atom. The van der Waals surface area contributed by atoms with Crippen molar-refractivity contribution in [3.8, 4) is 0 Å². The summed E-state index contributed by atoms with van der Waals surface area (Å²) in [7, 11) is -3.56. The normalized spacial score (nSPS) is 20.8. The van der Waals surface area contributed by atoms with Gasteiger partial charge in [-0.25, -0.2) is 8.42 Å². The first-order chi connectivity index (χ1) is 11.7. The summed E-state index contributed by atoms with van der Waals surface area (Å²) in [5.74, 6) is -1.85. The summed E-state index contributed by atoms with van der Waals surface area (Å²) in [5, 5.41) is 14.4. The molecule has 2 rings (SSSR count). The zero-order valence-electron chi connectivity index (χ0n) is 13.8. The number of aliphatic hydroxyl groups excluding tert-OH is 1. The van der Waals surface area contributed by atoms with Crippen molar-refractivity contribution in [2.24, 2.45) is 5.92 Å². The van der Waals surface area contributed by atoms with Crippen molar-refractivity contribution in [2.45, 2.75) is 36.6 Å². The SMILES string of the molecule is CS(=O)(=O)c1ccc(Br)cc1NC(=O)C(=O)NC1CCCCC1CO. The van der Waals surface area contributed by atoms with Crippen molar-refractivity contribution >= 4 is 43.3 Å². The molecule has 0 bridgehead atoms. The van der Waals surface area contributed by atoms with Crippen LogP contribution in [0.2, 0.25) is 0 Å². The standard InChI is InChI=1S/C16H21BrN2O5S/c1-25(23,24)14-7-6-11(17)8-13(14)19-16(22)15(21)18-12-5-3-2-4-10(12)9-20/h6-8,10,12,20H,2-5,9H2,1H3,(H,18,21)(H,19,22). The number of rotatable bonds is 4. The van der Waals surface area contributed by atoms with Crippen LogP contribution in [0, 0.1) is 5.92 Å². The molecule has 2 atom stereocenters. The first kappa shape index (κ1) is 19.9. The fourth-order valence-electron chi connectivity index (χ4n) is 2.95. The van der Waals surface area contributed by atoms with Crippen molar-refractivity contribution in [2.75, 3.05) is 18.2 Å². The highest BCUT2D eigenvalue weighted by Gasteiger charge is 2.28. The van der Waals surface area contributed by atoms with Crippen LogP contribution < -0.4 is 10.6 Å². The molecule has 1 aliphatic carbocycles. The molecular formula is C16H21BrN2O5S. The molecule has 0 aromatic heterocycles. The highest BCUT2D eigenvalue weighted by Crippen LogP contribution is 2.26. The van der Waals surface area contributed by atoms with Gasteiger partial charge in [0.2, 0.25) is 0 Å². The molecule has 2 unspecified atom stereocenters. The number of hydrogen-bond donors (Lipinski definition) is 3. The van der Waals surface area contributed by atoms with Crippen LogP contribution in [-0.2, 0) is 19.4 Å². The highest BCUT2D eigenvalue weighted by molar-refractivity contribution is 9.10. The average molecular weight is 433 g/mol. The van der Waals surface area contributed by atoms with Crippen LogP contribution >= 0.6 is 15.9 Å². The highest BCUT2D eigenvalue weighted by atomic mass is 79.9. The molecule has 2 amide bonds. The molecule has 0 radical (unpaired) electrons. The van der Waals surface area contributed by atoms with Crippen LogP contribution in [0.4, 0.5) is 5.69 Å². The molecule has 0 aliphatic heterocycles.